The van der Waals surface area contributed by atoms with Crippen molar-refractivity contribution in [3.05, 3.63) is 0 Å². The second-order valence-corrected chi connectivity index (χ2v) is 7.39. The molecule has 0 aromatic rings. The van der Waals surface area contributed by atoms with Crippen LogP contribution in [0.25, 0.3) is 0 Å². The number of carbonyl (C=O) groups is 3. The van der Waals surface area contributed by atoms with Gasteiger partial charge in [-0.2, -0.15) is 0 Å². The largest absolute Gasteiger partial charge is 0.480 e. The summed E-state index contributed by atoms with van der Waals surface area (Å²) in [5.41, 5.74) is -1.52. The molecule has 0 unspecified atom stereocenters. The molecule has 0 aliphatic heterocycles. The van der Waals surface area contributed by atoms with Gasteiger partial charge in [-0.1, -0.05) is 34.6 Å². The van der Waals surface area contributed by atoms with Crippen molar-refractivity contribution in [3.63, 3.8) is 0 Å². The van der Waals surface area contributed by atoms with Crippen LogP contribution in [0.2, 0.25) is 0 Å². The summed E-state index contributed by atoms with van der Waals surface area (Å²) in [6.45, 7) is 12.1. The summed E-state index contributed by atoms with van der Waals surface area (Å²) in [5.74, 6) is -2.00. The molecule has 0 aromatic heterocycles. The molecular weight excluding hydrogens is 302 g/mol. The Kier molecular flexibility index (Phi) is 7.54. The van der Waals surface area contributed by atoms with Crippen molar-refractivity contribution < 1.29 is 29.0 Å². The van der Waals surface area contributed by atoms with Crippen LogP contribution in [0.15, 0.2) is 0 Å². The minimum absolute atomic E-state index is 0.0671. The van der Waals surface area contributed by atoms with Gasteiger partial charge in [0.2, 0.25) is 6.29 Å². The van der Waals surface area contributed by atoms with Crippen LogP contribution in [0.3, 0.4) is 0 Å². The number of amides is 1. The summed E-state index contributed by atoms with van der Waals surface area (Å²) >= 11 is 0. The van der Waals surface area contributed by atoms with Crippen molar-refractivity contribution in [1.82, 2.24) is 5.32 Å². The van der Waals surface area contributed by atoms with Crippen LogP contribution < -0.4 is 5.32 Å². The van der Waals surface area contributed by atoms with E-state index >= 15 is 0 Å². The molecule has 1 amide bonds. The lowest BCUT2D eigenvalue weighted by atomic mass is 9.84. The van der Waals surface area contributed by atoms with Crippen LogP contribution in [0, 0.1) is 11.3 Å². The molecule has 0 bridgehead atoms. The molecular formula is C16H29NO6. The van der Waals surface area contributed by atoms with Crippen LogP contribution in [-0.2, 0) is 19.1 Å². The molecule has 7 heteroatoms. The maximum Gasteiger partial charge on any atom is 0.411 e. The van der Waals surface area contributed by atoms with Crippen molar-refractivity contribution in [1.29, 1.82) is 0 Å². The Morgan fingerprint density at radius 1 is 1.00 bits per heavy atom. The molecule has 0 saturated heterocycles. The lowest BCUT2D eigenvalue weighted by Crippen LogP contribution is -2.53. The first-order valence-electron chi connectivity index (χ1n) is 7.69. The van der Waals surface area contributed by atoms with Gasteiger partial charge in [0.15, 0.2) is 0 Å². The average molecular weight is 331 g/mol. The third kappa shape index (κ3) is 8.42. The fourth-order valence-electron chi connectivity index (χ4n) is 1.58. The first-order chi connectivity index (χ1) is 10.3. The summed E-state index contributed by atoms with van der Waals surface area (Å²) in [4.78, 5) is 34.7. The van der Waals surface area contributed by atoms with Gasteiger partial charge in [0.05, 0.1) is 5.92 Å². The van der Waals surface area contributed by atoms with Crippen LogP contribution in [0.1, 0.15) is 61.3 Å². The molecule has 0 spiro atoms. The van der Waals surface area contributed by atoms with E-state index < -0.39 is 29.9 Å². The average Bonchev–Trinajstić information content (AvgIpc) is 2.34. The van der Waals surface area contributed by atoms with E-state index in [1.807, 2.05) is 20.8 Å². The molecule has 0 saturated carbocycles. The Hall–Kier alpha value is -1.79. The number of aliphatic carboxylic acids is 1. The highest BCUT2D eigenvalue weighted by Gasteiger charge is 2.36. The molecule has 7 nitrogen and oxygen atoms in total. The van der Waals surface area contributed by atoms with E-state index in [1.54, 1.807) is 13.8 Å². The molecule has 0 fully saturated rings. The van der Waals surface area contributed by atoms with Crippen molar-refractivity contribution in [2.75, 3.05) is 0 Å². The monoisotopic (exact) mass is 331 g/mol. The van der Waals surface area contributed by atoms with E-state index in [9.17, 15) is 19.5 Å². The summed E-state index contributed by atoms with van der Waals surface area (Å²) < 4.78 is 9.79. The van der Waals surface area contributed by atoms with Gasteiger partial charge in [0, 0.05) is 6.92 Å². The first kappa shape index (κ1) is 21.2. The zero-order valence-corrected chi connectivity index (χ0v) is 15.1. The number of alkyl carbamates (subject to hydrolysis) is 1. The van der Waals surface area contributed by atoms with Gasteiger partial charge in [-0.05, 0) is 25.2 Å². The number of nitrogens with one attached hydrogen (secondary N) is 1. The molecule has 0 aliphatic rings. The van der Waals surface area contributed by atoms with Gasteiger partial charge in [0.1, 0.15) is 5.54 Å². The smallest absolute Gasteiger partial charge is 0.411 e. The fourth-order valence-corrected chi connectivity index (χ4v) is 1.58. The van der Waals surface area contributed by atoms with E-state index in [4.69, 9.17) is 9.47 Å². The van der Waals surface area contributed by atoms with Gasteiger partial charge < -0.3 is 19.9 Å². The highest BCUT2D eigenvalue weighted by Crippen LogP contribution is 2.26. The Balaban J connectivity index is 4.67. The molecule has 2 atom stereocenters. The Bertz CT molecular complexity index is 440. The number of rotatable bonds is 7. The van der Waals surface area contributed by atoms with Crippen LogP contribution in [-0.4, -0.2) is 35.0 Å². The minimum Gasteiger partial charge on any atom is -0.480 e. The quantitative estimate of drug-likeness (QED) is 0.549. The van der Waals surface area contributed by atoms with Gasteiger partial charge in [-0.3, -0.25) is 4.79 Å². The van der Waals surface area contributed by atoms with Crippen LogP contribution >= 0.6 is 0 Å². The van der Waals surface area contributed by atoms with Crippen LogP contribution in [0.4, 0.5) is 4.79 Å². The number of carboxylic acid groups (broad SMARTS) is 1. The predicted molar refractivity (Wildman–Crippen MR) is 84.7 cm³/mol. The maximum atomic E-state index is 11.9. The summed E-state index contributed by atoms with van der Waals surface area (Å²) in [6.07, 6.45) is -1.17. The summed E-state index contributed by atoms with van der Waals surface area (Å²) in [6, 6.07) is 0. The van der Waals surface area contributed by atoms with Gasteiger partial charge in [0.25, 0.3) is 0 Å². The molecule has 0 aliphatic carbocycles. The molecule has 0 heterocycles. The first-order valence-corrected chi connectivity index (χ1v) is 7.69. The SMILES string of the molecule is CC(C)C(=O)O[C@H](C)OC(=O)N[C@@](C)(CCC(C)(C)C)C(=O)O. The summed E-state index contributed by atoms with van der Waals surface area (Å²) in [7, 11) is 0. The molecule has 134 valence electrons. The molecule has 0 rings (SSSR count). The lowest BCUT2D eigenvalue weighted by molar-refractivity contribution is -0.169. The number of ether oxygens (including phenoxy) is 2. The lowest BCUT2D eigenvalue weighted by Gasteiger charge is -2.29. The van der Waals surface area contributed by atoms with Crippen LogP contribution in [0.5, 0.6) is 0 Å². The third-order valence-electron chi connectivity index (χ3n) is 3.25. The normalized spacial score (nSPS) is 15.5. The van der Waals surface area contributed by atoms with E-state index in [0.717, 1.165) is 0 Å². The Morgan fingerprint density at radius 3 is 1.91 bits per heavy atom. The predicted octanol–water partition coefficient (Wildman–Crippen LogP) is 2.93. The number of hydrogen-bond donors (Lipinski definition) is 2. The Morgan fingerprint density at radius 2 is 1.52 bits per heavy atom. The van der Waals surface area contributed by atoms with Gasteiger partial charge in [-0.15, -0.1) is 0 Å². The van der Waals surface area contributed by atoms with Crippen molar-refractivity contribution in [2.24, 2.45) is 11.3 Å². The maximum absolute atomic E-state index is 11.9. The zero-order valence-electron chi connectivity index (χ0n) is 15.1. The fraction of sp³-hybridized carbons (Fsp3) is 0.812. The van der Waals surface area contributed by atoms with Crippen molar-refractivity contribution in [3.8, 4) is 0 Å². The second-order valence-electron chi connectivity index (χ2n) is 7.39. The number of esters is 1. The topological polar surface area (TPSA) is 102 Å². The van der Waals surface area contributed by atoms with Gasteiger partial charge in [-0.25, -0.2) is 9.59 Å². The van der Waals surface area contributed by atoms with E-state index in [0.29, 0.717) is 6.42 Å². The number of carbonyl (C=O) groups excluding carboxylic acids is 2. The molecule has 0 aromatic carbocycles. The third-order valence-corrected chi connectivity index (χ3v) is 3.25. The standard InChI is InChI=1S/C16H29NO6/c1-10(2)12(18)22-11(3)23-14(21)17-16(7,13(19)20)9-8-15(4,5)6/h10-11H,8-9H2,1-7H3,(H,17,21)(H,19,20)/t11-,16-/m0/s1. The highest BCUT2D eigenvalue weighted by molar-refractivity contribution is 5.83. The number of carboxylic acids is 1. The second kappa shape index (κ2) is 8.17. The molecule has 2 N–H and O–H groups in total. The van der Waals surface area contributed by atoms with Crippen molar-refractivity contribution >= 4 is 18.0 Å². The highest BCUT2D eigenvalue weighted by atomic mass is 16.7. The number of hydrogen-bond acceptors (Lipinski definition) is 5. The van der Waals surface area contributed by atoms with E-state index in [2.05, 4.69) is 5.32 Å². The molecule has 0 radical (unpaired) electrons. The van der Waals surface area contributed by atoms with Gasteiger partial charge >= 0.3 is 18.0 Å². The van der Waals surface area contributed by atoms with Crippen molar-refractivity contribution in [2.45, 2.75) is 73.1 Å². The summed E-state index contributed by atoms with van der Waals surface area (Å²) in [5, 5.41) is 11.7. The van der Waals surface area contributed by atoms with E-state index in [-0.39, 0.29) is 17.8 Å². The zero-order chi connectivity index (χ0) is 18.4. The molecule has 23 heavy (non-hydrogen) atoms. The minimum atomic E-state index is -1.45. The van der Waals surface area contributed by atoms with E-state index in [1.165, 1.54) is 13.8 Å². The Labute approximate surface area is 137 Å².